The van der Waals surface area contributed by atoms with Gasteiger partial charge in [0.2, 0.25) is 0 Å². The zero-order valence-corrected chi connectivity index (χ0v) is 18.9. The molecule has 0 N–H and O–H groups in total. The van der Waals surface area contributed by atoms with Gasteiger partial charge in [0.15, 0.2) is 0 Å². The van der Waals surface area contributed by atoms with Crippen LogP contribution in [0, 0.1) is 0 Å². The first kappa shape index (κ1) is 22.4. The number of esters is 2. The van der Waals surface area contributed by atoms with Crippen LogP contribution in [0.1, 0.15) is 37.9 Å². The molecule has 0 saturated carbocycles. The van der Waals surface area contributed by atoms with Gasteiger partial charge in [-0.2, -0.15) is 0 Å². The number of fused-ring (bicyclic) bond motifs is 4. The van der Waals surface area contributed by atoms with Crippen LogP contribution in [0.25, 0.3) is 22.3 Å². The van der Waals surface area contributed by atoms with Crippen LogP contribution in [-0.4, -0.2) is 35.1 Å². The van der Waals surface area contributed by atoms with Gasteiger partial charge >= 0.3 is 11.9 Å². The Morgan fingerprint density at radius 2 is 1.33 bits per heavy atom. The number of carbonyl (C=O) groups excluding carboxylic acids is 2. The SMILES string of the molecule is C=C(C)C(=O)OCCC1(CCOC(=O)C(=C)C)c2ccccc2-c2nc3ccccc3nc21. The van der Waals surface area contributed by atoms with E-state index in [2.05, 4.69) is 13.2 Å². The lowest BCUT2D eigenvalue weighted by Crippen LogP contribution is -2.31. The minimum Gasteiger partial charge on any atom is -0.462 e. The lowest BCUT2D eigenvalue weighted by Gasteiger charge is -2.30. The summed E-state index contributed by atoms with van der Waals surface area (Å²) in [5.41, 5.74) is 5.29. The Bertz CT molecular complexity index is 1250. The second-order valence-corrected chi connectivity index (χ2v) is 8.37. The van der Waals surface area contributed by atoms with Crippen molar-refractivity contribution in [2.24, 2.45) is 0 Å². The van der Waals surface area contributed by atoms with E-state index in [1.807, 2.05) is 48.5 Å². The molecule has 1 aliphatic rings. The molecular formula is C27H26N2O4. The van der Waals surface area contributed by atoms with Crippen molar-refractivity contribution in [3.63, 3.8) is 0 Å². The van der Waals surface area contributed by atoms with Gasteiger partial charge in [-0.25, -0.2) is 19.6 Å². The van der Waals surface area contributed by atoms with E-state index in [9.17, 15) is 9.59 Å². The Hall–Kier alpha value is -3.80. The number of nitrogens with zero attached hydrogens (tertiary/aromatic N) is 2. The van der Waals surface area contributed by atoms with Gasteiger partial charge in [0.25, 0.3) is 0 Å². The molecule has 1 heterocycles. The van der Waals surface area contributed by atoms with E-state index in [-0.39, 0.29) is 13.2 Å². The lowest BCUT2D eigenvalue weighted by molar-refractivity contribution is -0.139. The first-order chi connectivity index (χ1) is 15.8. The second kappa shape index (κ2) is 8.98. The van der Waals surface area contributed by atoms with E-state index in [0.29, 0.717) is 24.0 Å². The Labute approximate surface area is 193 Å². The van der Waals surface area contributed by atoms with Crippen LogP contribution >= 0.6 is 0 Å². The predicted molar refractivity (Wildman–Crippen MR) is 127 cm³/mol. The second-order valence-electron chi connectivity index (χ2n) is 8.37. The molecule has 2 aromatic carbocycles. The molecule has 3 aromatic rings. The monoisotopic (exact) mass is 442 g/mol. The molecule has 33 heavy (non-hydrogen) atoms. The maximum Gasteiger partial charge on any atom is 0.333 e. The van der Waals surface area contributed by atoms with Crippen LogP contribution in [-0.2, 0) is 24.5 Å². The third kappa shape index (κ3) is 4.16. The first-order valence-corrected chi connectivity index (χ1v) is 10.9. The average Bonchev–Trinajstić information content (AvgIpc) is 3.06. The average molecular weight is 443 g/mol. The Balaban J connectivity index is 1.79. The quantitative estimate of drug-likeness (QED) is 0.364. The highest BCUT2D eigenvalue weighted by molar-refractivity contribution is 5.87. The molecule has 0 fully saturated rings. The molecule has 0 aliphatic heterocycles. The van der Waals surface area contributed by atoms with E-state index in [1.54, 1.807) is 13.8 Å². The summed E-state index contributed by atoms with van der Waals surface area (Å²) in [6.45, 7) is 10.9. The molecule has 0 bridgehead atoms. The van der Waals surface area contributed by atoms with Gasteiger partial charge in [-0.1, -0.05) is 49.6 Å². The van der Waals surface area contributed by atoms with Crippen molar-refractivity contribution in [1.29, 1.82) is 0 Å². The number of hydrogen-bond acceptors (Lipinski definition) is 6. The van der Waals surface area contributed by atoms with E-state index < -0.39 is 17.4 Å². The molecule has 0 spiro atoms. The summed E-state index contributed by atoms with van der Waals surface area (Å²) in [7, 11) is 0. The van der Waals surface area contributed by atoms with Gasteiger partial charge in [-0.15, -0.1) is 0 Å². The Morgan fingerprint density at radius 3 is 1.91 bits per heavy atom. The minimum atomic E-state index is -0.631. The molecule has 4 rings (SSSR count). The van der Waals surface area contributed by atoms with E-state index in [4.69, 9.17) is 19.4 Å². The number of aromatic nitrogens is 2. The number of para-hydroxylation sites is 2. The van der Waals surface area contributed by atoms with Crippen LogP contribution in [0.3, 0.4) is 0 Å². The molecule has 6 heteroatoms. The van der Waals surface area contributed by atoms with Crippen molar-refractivity contribution in [3.8, 4) is 11.3 Å². The lowest BCUT2D eigenvalue weighted by atomic mass is 9.75. The van der Waals surface area contributed by atoms with Crippen molar-refractivity contribution in [1.82, 2.24) is 9.97 Å². The molecule has 168 valence electrons. The highest BCUT2D eigenvalue weighted by Crippen LogP contribution is 2.51. The van der Waals surface area contributed by atoms with Crippen LogP contribution in [0.2, 0.25) is 0 Å². The molecule has 1 aromatic heterocycles. The van der Waals surface area contributed by atoms with Gasteiger partial charge < -0.3 is 9.47 Å². The van der Waals surface area contributed by atoms with Crippen LogP contribution < -0.4 is 0 Å². The molecule has 1 aliphatic carbocycles. The Morgan fingerprint density at radius 1 is 0.818 bits per heavy atom. The van der Waals surface area contributed by atoms with Crippen molar-refractivity contribution in [3.05, 3.63) is 84.1 Å². The number of benzene rings is 2. The van der Waals surface area contributed by atoms with E-state index >= 15 is 0 Å². The minimum absolute atomic E-state index is 0.169. The fraction of sp³-hybridized carbons (Fsp3) is 0.259. The topological polar surface area (TPSA) is 78.4 Å². The van der Waals surface area contributed by atoms with Gasteiger partial charge in [0.1, 0.15) is 0 Å². The van der Waals surface area contributed by atoms with Crippen molar-refractivity contribution in [2.45, 2.75) is 32.1 Å². The fourth-order valence-corrected chi connectivity index (χ4v) is 4.27. The summed E-state index contributed by atoms with van der Waals surface area (Å²) < 4.78 is 10.9. The summed E-state index contributed by atoms with van der Waals surface area (Å²) >= 11 is 0. The third-order valence-electron chi connectivity index (χ3n) is 5.94. The van der Waals surface area contributed by atoms with Crippen LogP contribution in [0.4, 0.5) is 0 Å². The number of hydrogen-bond donors (Lipinski definition) is 0. The summed E-state index contributed by atoms with van der Waals surface area (Å²) in [6.07, 6.45) is 0.932. The van der Waals surface area contributed by atoms with Gasteiger partial charge in [-0.05, 0) is 44.4 Å². The number of carbonyl (C=O) groups is 2. The smallest absolute Gasteiger partial charge is 0.333 e. The molecule has 0 unspecified atom stereocenters. The Kier molecular flexibility index (Phi) is 6.09. The van der Waals surface area contributed by atoms with Crippen molar-refractivity contribution >= 4 is 23.0 Å². The highest BCUT2D eigenvalue weighted by atomic mass is 16.5. The zero-order chi connectivity index (χ0) is 23.6. The fourth-order valence-electron chi connectivity index (χ4n) is 4.27. The zero-order valence-electron chi connectivity index (χ0n) is 18.9. The van der Waals surface area contributed by atoms with Gasteiger partial charge in [0.05, 0.1) is 35.6 Å². The van der Waals surface area contributed by atoms with E-state index in [1.165, 1.54) is 0 Å². The molecule has 0 amide bonds. The first-order valence-electron chi connectivity index (χ1n) is 10.9. The van der Waals surface area contributed by atoms with E-state index in [0.717, 1.165) is 33.5 Å². The maximum absolute atomic E-state index is 12.0. The normalized spacial score (nSPS) is 13.2. The molecule has 6 nitrogen and oxygen atoms in total. The van der Waals surface area contributed by atoms with Gasteiger partial charge in [0, 0.05) is 22.1 Å². The highest BCUT2D eigenvalue weighted by Gasteiger charge is 2.45. The predicted octanol–water partition coefficient (Wildman–Crippen LogP) is 4.92. The summed E-state index contributed by atoms with van der Waals surface area (Å²) in [5.74, 6) is -0.870. The summed E-state index contributed by atoms with van der Waals surface area (Å²) in [6, 6.07) is 15.7. The molecule has 0 saturated heterocycles. The number of ether oxygens (including phenoxy) is 2. The molecular weight excluding hydrogens is 416 g/mol. The summed E-state index contributed by atoms with van der Waals surface area (Å²) in [4.78, 5) is 34.0. The third-order valence-corrected chi connectivity index (χ3v) is 5.94. The van der Waals surface area contributed by atoms with Gasteiger partial charge in [-0.3, -0.25) is 0 Å². The maximum atomic E-state index is 12.0. The van der Waals surface area contributed by atoms with Crippen LogP contribution in [0.15, 0.2) is 72.8 Å². The number of rotatable bonds is 8. The molecule has 0 radical (unpaired) electrons. The summed E-state index contributed by atoms with van der Waals surface area (Å²) in [5, 5.41) is 0. The van der Waals surface area contributed by atoms with Crippen LogP contribution in [0.5, 0.6) is 0 Å². The van der Waals surface area contributed by atoms with Crippen molar-refractivity contribution < 1.29 is 19.1 Å². The van der Waals surface area contributed by atoms with Crippen molar-refractivity contribution in [2.75, 3.05) is 13.2 Å². The molecule has 0 atom stereocenters. The largest absolute Gasteiger partial charge is 0.462 e. The standard InChI is InChI=1S/C27H26N2O4/c1-17(2)25(30)32-15-13-27(14-16-33-26(31)18(3)4)20-10-6-5-9-19(20)23-24(27)29-22-12-8-7-11-21(22)28-23/h5-12H,1,3,13-16H2,2,4H3.